The highest BCUT2D eigenvalue weighted by atomic mass is 16.2. The fourth-order valence-corrected chi connectivity index (χ4v) is 2.61. The third-order valence-corrected chi connectivity index (χ3v) is 4.01. The van der Waals surface area contributed by atoms with Crippen molar-refractivity contribution in [1.29, 1.82) is 0 Å². The number of aryl methyl sites for hydroxylation is 1. The summed E-state index contributed by atoms with van der Waals surface area (Å²) in [5.74, 6) is -2.32. The number of rotatable bonds is 6. The summed E-state index contributed by atoms with van der Waals surface area (Å²) in [5, 5.41) is 2.85. The number of carbonyl (C=O) groups is 3. The standard InChI is InChI=1S/C17H22N2O3/c1-3-19-11-14(15(20)17(19)22)16(21)18-12(2)9-10-13-7-5-4-6-8-13/h4-8,12,14H,3,9-11H2,1-2H3,(H,18,21). The number of likely N-dealkylation sites (N-methyl/N-ethyl adjacent to an activating group) is 1. The van der Waals surface area contributed by atoms with Crippen LogP contribution in [0.3, 0.4) is 0 Å². The Morgan fingerprint density at radius 3 is 2.59 bits per heavy atom. The van der Waals surface area contributed by atoms with Crippen molar-refractivity contribution in [2.45, 2.75) is 32.7 Å². The number of hydrogen-bond donors (Lipinski definition) is 1. The van der Waals surface area contributed by atoms with Gasteiger partial charge in [-0.2, -0.15) is 0 Å². The van der Waals surface area contributed by atoms with Crippen LogP contribution in [0, 0.1) is 5.92 Å². The van der Waals surface area contributed by atoms with Gasteiger partial charge in [0.1, 0.15) is 5.92 Å². The van der Waals surface area contributed by atoms with Crippen LogP contribution in [0.1, 0.15) is 25.8 Å². The summed E-state index contributed by atoms with van der Waals surface area (Å²) in [6, 6.07) is 10.0. The van der Waals surface area contributed by atoms with Crippen molar-refractivity contribution in [2.24, 2.45) is 5.92 Å². The molecule has 0 aromatic heterocycles. The summed E-state index contributed by atoms with van der Waals surface area (Å²) in [4.78, 5) is 37.1. The Hall–Kier alpha value is -2.17. The number of Topliss-reactive ketones (excluding diaryl/α,β-unsaturated/α-hetero) is 1. The monoisotopic (exact) mass is 302 g/mol. The van der Waals surface area contributed by atoms with Crippen molar-refractivity contribution in [2.75, 3.05) is 13.1 Å². The summed E-state index contributed by atoms with van der Waals surface area (Å²) in [7, 11) is 0. The van der Waals surface area contributed by atoms with Gasteiger partial charge in [0.2, 0.25) is 11.7 Å². The van der Waals surface area contributed by atoms with Gasteiger partial charge in [-0.05, 0) is 32.3 Å². The van der Waals surface area contributed by atoms with Crippen molar-refractivity contribution in [3.05, 3.63) is 35.9 Å². The van der Waals surface area contributed by atoms with E-state index in [0.29, 0.717) is 6.54 Å². The number of carbonyl (C=O) groups excluding carboxylic acids is 3. The largest absolute Gasteiger partial charge is 0.353 e. The highest BCUT2D eigenvalue weighted by Gasteiger charge is 2.42. The van der Waals surface area contributed by atoms with Gasteiger partial charge in [-0.3, -0.25) is 14.4 Å². The van der Waals surface area contributed by atoms with Gasteiger partial charge in [-0.1, -0.05) is 30.3 Å². The molecule has 22 heavy (non-hydrogen) atoms. The molecule has 0 radical (unpaired) electrons. The Labute approximate surface area is 130 Å². The van der Waals surface area contributed by atoms with Crippen molar-refractivity contribution in [3.63, 3.8) is 0 Å². The average Bonchev–Trinajstić information content (AvgIpc) is 2.82. The second-order valence-electron chi connectivity index (χ2n) is 5.69. The number of hydrogen-bond acceptors (Lipinski definition) is 3. The Morgan fingerprint density at radius 1 is 1.32 bits per heavy atom. The Kier molecular flexibility index (Phi) is 5.31. The molecule has 1 aliphatic rings. The van der Waals surface area contributed by atoms with E-state index in [1.807, 2.05) is 37.3 Å². The number of nitrogens with one attached hydrogen (secondary N) is 1. The van der Waals surface area contributed by atoms with Crippen LogP contribution in [-0.2, 0) is 20.8 Å². The summed E-state index contributed by atoms with van der Waals surface area (Å²) < 4.78 is 0. The van der Waals surface area contributed by atoms with Crippen LogP contribution in [0.5, 0.6) is 0 Å². The molecule has 2 amide bonds. The van der Waals surface area contributed by atoms with Gasteiger partial charge < -0.3 is 10.2 Å². The van der Waals surface area contributed by atoms with Crippen LogP contribution in [0.15, 0.2) is 30.3 Å². The normalized spacial score (nSPS) is 19.4. The molecule has 1 aromatic carbocycles. The van der Waals surface area contributed by atoms with E-state index in [0.717, 1.165) is 12.8 Å². The lowest BCUT2D eigenvalue weighted by atomic mass is 10.0. The smallest absolute Gasteiger partial charge is 0.290 e. The Morgan fingerprint density at radius 2 is 2.00 bits per heavy atom. The van der Waals surface area contributed by atoms with Gasteiger partial charge in [-0.15, -0.1) is 0 Å². The first kappa shape index (κ1) is 16.2. The zero-order valence-corrected chi connectivity index (χ0v) is 13.0. The molecule has 1 fully saturated rings. The number of nitrogens with zero attached hydrogens (tertiary/aromatic N) is 1. The average molecular weight is 302 g/mol. The van der Waals surface area contributed by atoms with Crippen LogP contribution >= 0.6 is 0 Å². The molecular formula is C17H22N2O3. The van der Waals surface area contributed by atoms with Crippen molar-refractivity contribution >= 4 is 17.6 Å². The van der Waals surface area contributed by atoms with Crippen LogP contribution < -0.4 is 5.32 Å². The van der Waals surface area contributed by atoms with Crippen LogP contribution in [0.4, 0.5) is 0 Å². The molecule has 1 aromatic rings. The first-order chi connectivity index (χ1) is 10.5. The molecular weight excluding hydrogens is 280 g/mol. The maximum Gasteiger partial charge on any atom is 0.290 e. The van der Waals surface area contributed by atoms with Crippen molar-refractivity contribution < 1.29 is 14.4 Å². The number of benzene rings is 1. The first-order valence-corrected chi connectivity index (χ1v) is 7.70. The summed E-state index contributed by atoms with van der Waals surface area (Å²) in [6.07, 6.45) is 1.66. The van der Waals surface area contributed by atoms with E-state index >= 15 is 0 Å². The van der Waals surface area contributed by atoms with E-state index in [4.69, 9.17) is 0 Å². The molecule has 0 saturated carbocycles. The molecule has 0 bridgehead atoms. The highest BCUT2D eigenvalue weighted by Crippen LogP contribution is 2.15. The molecule has 5 nitrogen and oxygen atoms in total. The maximum absolute atomic E-state index is 12.2. The fraction of sp³-hybridized carbons (Fsp3) is 0.471. The molecule has 0 spiro atoms. The molecule has 1 heterocycles. The van der Waals surface area contributed by atoms with Crippen molar-refractivity contribution in [3.8, 4) is 0 Å². The molecule has 2 atom stereocenters. The van der Waals surface area contributed by atoms with Crippen LogP contribution in [0.2, 0.25) is 0 Å². The molecule has 1 aliphatic heterocycles. The van der Waals surface area contributed by atoms with Gasteiger partial charge in [0.05, 0.1) is 0 Å². The van der Waals surface area contributed by atoms with Gasteiger partial charge in [0, 0.05) is 19.1 Å². The van der Waals surface area contributed by atoms with Crippen LogP contribution in [-0.4, -0.2) is 41.6 Å². The topological polar surface area (TPSA) is 66.5 Å². The minimum atomic E-state index is -0.855. The van der Waals surface area contributed by atoms with Gasteiger partial charge >= 0.3 is 0 Å². The molecule has 118 valence electrons. The lowest BCUT2D eigenvalue weighted by Gasteiger charge is -2.16. The third-order valence-electron chi connectivity index (χ3n) is 4.01. The molecule has 2 rings (SSSR count). The first-order valence-electron chi connectivity index (χ1n) is 7.70. The molecule has 1 saturated heterocycles. The lowest BCUT2D eigenvalue weighted by molar-refractivity contribution is -0.142. The predicted octanol–water partition coefficient (Wildman–Crippen LogP) is 1.17. The SMILES string of the molecule is CCN1CC(C(=O)NC(C)CCc2ccccc2)C(=O)C1=O. The second kappa shape index (κ2) is 7.20. The minimum absolute atomic E-state index is 0.0358. The van der Waals surface area contributed by atoms with Gasteiger partial charge in [0.15, 0.2) is 0 Å². The molecule has 1 N–H and O–H groups in total. The van der Waals surface area contributed by atoms with Crippen LogP contribution in [0.25, 0.3) is 0 Å². The Balaban J connectivity index is 1.84. The molecule has 0 aliphatic carbocycles. The number of likely N-dealkylation sites (tertiary alicyclic amines) is 1. The Bertz CT molecular complexity index is 556. The number of ketones is 1. The maximum atomic E-state index is 12.2. The zero-order valence-electron chi connectivity index (χ0n) is 13.0. The summed E-state index contributed by atoms with van der Waals surface area (Å²) in [5.41, 5.74) is 1.22. The van der Waals surface area contributed by atoms with E-state index in [-0.39, 0.29) is 18.5 Å². The summed E-state index contributed by atoms with van der Waals surface area (Å²) in [6.45, 7) is 4.37. The summed E-state index contributed by atoms with van der Waals surface area (Å²) >= 11 is 0. The van der Waals surface area contributed by atoms with E-state index in [9.17, 15) is 14.4 Å². The number of amides is 2. The molecule has 5 heteroatoms. The van der Waals surface area contributed by atoms with E-state index in [2.05, 4.69) is 5.32 Å². The minimum Gasteiger partial charge on any atom is -0.353 e. The second-order valence-corrected chi connectivity index (χ2v) is 5.69. The van der Waals surface area contributed by atoms with Gasteiger partial charge in [0.25, 0.3) is 5.91 Å². The van der Waals surface area contributed by atoms with Gasteiger partial charge in [-0.25, -0.2) is 0 Å². The quantitative estimate of drug-likeness (QED) is 0.633. The fourth-order valence-electron chi connectivity index (χ4n) is 2.61. The third kappa shape index (κ3) is 3.72. The lowest BCUT2D eigenvalue weighted by Crippen LogP contribution is -2.40. The van der Waals surface area contributed by atoms with Crippen molar-refractivity contribution in [1.82, 2.24) is 10.2 Å². The zero-order chi connectivity index (χ0) is 16.1. The highest BCUT2D eigenvalue weighted by molar-refractivity contribution is 6.42. The molecule has 2 unspecified atom stereocenters. The van der Waals surface area contributed by atoms with E-state index < -0.39 is 17.6 Å². The predicted molar refractivity (Wildman–Crippen MR) is 83.1 cm³/mol. The van der Waals surface area contributed by atoms with E-state index in [1.54, 1.807) is 6.92 Å². The van der Waals surface area contributed by atoms with E-state index in [1.165, 1.54) is 10.5 Å².